The van der Waals surface area contributed by atoms with E-state index in [0.29, 0.717) is 5.56 Å². The summed E-state index contributed by atoms with van der Waals surface area (Å²) in [6, 6.07) is 7.50. The minimum atomic E-state index is -0.136. The van der Waals surface area contributed by atoms with Crippen molar-refractivity contribution in [3.05, 3.63) is 29.8 Å². The summed E-state index contributed by atoms with van der Waals surface area (Å²) in [5, 5.41) is 3.18. The van der Waals surface area contributed by atoms with Crippen molar-refractivity contribution in [3.63, 3.8) is 0 Å². The van der Waals surface area contributed by atoms with Gasteiger partial charge in [0.15, 0.2) is 0 Å². The molecular formula is C23H31N3O2. The van der Waals surface area contributed by atoms with Gasteiger partial charge >= 0.3 is 0 Å². The lowest BCUT2D eigenvalue weighted by Crippen LogP contribution is -2.51. The van der Waals surface area contributed by atoms with Crippen molar-refractivity contribution in [2.75, 3.05) is 38.5 Å². The van der Waals surface area contributed by atoms with Gasteiger partial charge in [-0.2, -0.15) is 0 Å². The molecular weight excluding hydrogens is 350 g/mol. The van der Waals surface area contributed by atoms with E-state index < -0.39 is 0 Å². The van der Waals surface area contributed by atoms with Gasteiger partial charge in [0, 0.05) is 37.4 Å². The minimum absolute atomic E-state index is 0.0899. The third-order valence-corrected chi connectivity index (χ3v) is 7.70. The van der Waals surface area contributed by atoms with Gasteiger partial charge in [-0.05, 0) is 87.6 Å². The number of piperazine rings is 1. The van der Waals surface area contributed by atoms with Crippen LogP contribution in [0.25, 0.3) is 0 Å². The number of nitrogens with zero attached hydrogens (tertiary/aromatic N) is 2. The van der Waals surface area contributed by atoms with Crippen molar-refractivity contribution < 1.29 is 9.59 Å². The number of benzene rings is 1. The van der Waals surface area contributed by atoms with Crippen molar-refractivity contribution >= 4 is 17.5 Å². The van der Waals surface area contributed by atoms with Crippen LogP contribution in [0.15, 0.2) is 24.3 Å². The molecule has 5 aliphatic rings. The van der Waals surface area contributed by atoms with Gasteiger partial charge in [-0.3, -0.25) is 9.59 Å². The van der Waals surface area contributed by atoms with Crippen molar-refractivity contribution in [3.8, 4) is 0 Å². The molecule has 1 saturated heterocycles. The molecule has 5 nitrogen and oxygen atoms in total. The lowest BCUT2D eigenvalue weighted by atomic mass is 9.49. The van der Waals surface area contributed by atoms with Gasteiger partial charge in [-0.1, -0.05) is 0 Å². The maximum absolute atomic E-state index is 13.2. The molecule has 1 heterocycles. The van der Waals surface area contributed by atoms with E-state index >= 15 is 0 Å². The molecule has 28 heavy (non-hydrogen) atoms. The fourth-order valence-electron chi connectivity index (χ4n) is 6.54. The van der Waals surface area contributed by atoms with Crippen LogP contribution in [0.4, 0.5) is 5.69 Å². The number of hydrogen-bond donors (Lipinski definition) is 1. The summed E-state index contributed by atoms with van der Waals surface area (Å²) in [5.41, 5.74) is 1.39. The molecule has 5 heteroatoms. The standard InChI is InChI=1S/C23H31N3O2/c1-25-6-8-26(9-7-25)21(27)19-2-4-20(5-3-19)24-22(28)23-13-16-10-17(14-23)12-18(11-16)15-23/h2-5,16-18H,6-15H2,1H3,(H,24,28). The second-order valence-electron chi connectivity index (χ2n) is 9.82. The number of likely N-dealkylation sites (N-methyl/N-ethyl adjacent to an activating group) is 1. The predicted octanol–water partition coefficient (Wildman–Crippen LogP) is 3.23. The largest absolute Gasteiger partial charge is 0.336 e. The highest BCUT2D eigenvalue weighted by atomic mass is 16.2. The molecule has 1 aromatic rings. The van der Waals surface area contributed by atoms with Crippen LogP contribution in [-0.2, 0) is 4.79 Å². The number of nitrogens with one attached hydrogen (secondary N) is 1. The SMILES string of the molecule is CN1CCN(C(=O)c2ccc(NC(=O)C34CC5CC(CC(C5)C3)C4)cc2)CC1. The second-order valence-corrected chi connectivity index (χ2v) is 9.82. The molecule has 1 aliphatic heterocycles. The monoisotopic (exact) mass is 381 g/mol. The zero-order valence-corrected chi connectivity index (χ0v) is 16.8. The molecule has 2 amide bonds. The van der Waals surface area contributed by atoms with Gasteiger partial charge in [0.05, 0.1) is 5.41 Å². The number of amides is 2. The smallest absolute Gasteiger partial charge is 0.253 e. The maximum atomic E-state index is 13.2. The van der Waals surface area contributed by atoms with E-state index in [9.17, 15) is 9.59 Å². The fraction of sp³-hybridized carbons (Fsp3) is 0.652. The second kappa shape index (κ2) is 6.87. The summed E-state index contributed by atoms with van der Waals surface area (Å²) in [7, 11) is 2.09. The molecule has 0 radical (unpaired) electrons. The number of hydrogen-bond acceptors (Lipinski definition) is 3. The van der Waals surface area contributed by atoms with Crippen LogP contribution in [0.1, 0.15) is 48.9 Å². The van der Waals surface area contributed by atoms with Gasteiger partial charge in [0.2, 0.25) is 5.91 Å². The molecule has 0 aromatic heterocycles. The Morgan fingerprint density at radius 1 is 0.893 bits per heavy atom. The molecule has 1 aromatic carbocycles. The third-order valence-electron chi connectivity index (χ3n) is 7.70. The van der Waals surface area contributed by atoms with E-state index in [4.69, 9.17) is 0 Å². The normalized spacial score (nSPS) is 34.5. The highest BCUT2D eigenvalue weighted by Gasteiger charge is 2.54. The zero-order chi connectivity index (χ0) is 19.3. The number of rotatable bonds is 3. The van der Waals surface area contributed by atoms with E-state index in [0.717, 1.165) is 68.9 Å². The summed E-state index contributed by atoms with van der Waals surface area (Å²) in [6.07, 6.45) is 7.25. The average molecular weight is 382 g/mol. The molecule has 4 saturated carbocycles. The van der Waals surface area contributed by atoms with E-state index in [1.165, 1.54) is 19.3 Å². The Labute approximate surface area is 167 Å². The Balaban J connectivity index is 1.24. The Bertz CT molecular complexity index is 729. The summed E-state index contributed by atoms with van der Waals surface area (Å²) < 4.78 is 0. The third kappa shape index (κ3) is 3.24. The topological polar surface area (TPSA) is 52.6 Å². The minimum Gasteiger partial charge on any atom is -0.336 e. The Kier molecular flexibility index (Phi) is 4.46. The molecule has 4 aliphatic carbocycles. The molecule has 4 bridgehead atoms. The van der Waals surface area contributed by atoms with E-state index in [-0.39, 0.29) is 17.2 Å². The number of anilines is 1. The van der Waals surface area contributed by atoms with Crippen molar-refractivity contribution in [1.82, 2.24) is 9.80 Å². The summed E-state index contributed by atoms with van der Waals surface area (Å²) in [5.74, 6) is 2.60. The average Bonchev–Trinajstić information content (AvgIpc) is 2.67. The maximum Gasteiger partial charge on any atom is 0.253 e. The van der Waals surface area contributed by atoms with E-state index in [2.05, 4.69) is 17.3 Å². The van der Waals surface area contributed by atoms with Gasteiger partial charge in [0.25, 0.3) is 5.91 Å². The Morgan fingerprint density at radius 2 is 1.43 bits per heavy atom. The van der Waals surface area contributed by atoms with E-state index in [1.807, 2.05) is 29.2 Å². The van der Waals surface area contributed by atoms with Crippen LogP contribution < -0.4 is 5.32 Å². The van der Waals surface area contributed by atoms with Crippen LogP contribution in [0.5, 0.6) is 0 Å². The fourth-order valence-corrected chi connectivity index (χ4v) is 6.54. The Hall–Kier alpha value is -1.88. The van der Waals surface area contributed by atoms with Crippen LogP contribution in [0.2, 0.25) is 0 Å². The first-order valence-electron chi connectivity index (χ1n) is 10.9. The summed E-state index contributed by atoms with van der Waals surface area (Å²) >= 11 is 0. The van der Waals surface area contributed by atoms with Gasteiger partial charge < -0.3 is 15.1 Å². The summed E-state index contributed by atoms with van der Waals surface area (Å²) in [4.78, 5) is 30.0. The molecule has 6 rings (SSSR count). The van der Waals surface area contributed by atoms with Gasteiger partial charge in [0.1, 0.15) is 0 Å². The summed E-state index contributed by atoms with van der Waals surface area (Å²) in [6.45, 7) is 3.40. The van der Waals surface area contributed by atoms with Gasteiger partial charge in [-0.15, -0.1) is 0 Å². The van der Waals surface area contributed by atoms with E-state index in [1.54, 1.807) is 0 Å². The number of carbonyl (C=O) groups is 2. The first-order chi connectivity index (χ1) is 13.5. The van der Waals surface area contributed by atoms with Crippen LogP contribution in [0.3, 0.4) is 0 Å². The molecule has 0 unspecified atom stereocenters. The Morgan fingerprint density at radius 3 is 1.96 bits per heavy atom. The van der Waals surface area contributed by atoms with Crippen LogP contribution in [-0.4, -0.2) is 54.8 Å². The quantitative estimate of drug-likeness (QED) is 0.875. The molecule has 1 N–H and O–H groups in total. The molecule has 5 fully saturated rings. The molecule has 0 spiro atoms. The van der Waals surface area contributed by atoms with Crippen molar-refractivity contribution in [1.29, 1.82) is 0 Å². The van der Waals surface area contributed by atoms with Crippen molar-refractivity contribution in [2.45, 2.75) is 38.5 Å². The lowest BCUT2D eigenvalue weighted by molar-refractivity contribution is -0.140. The molecule has 0 atom stereocenters. The van der Waals surface area contributed by atoms with Crippen LogP contribution >= 0.6 is 0 Å². The zero-order valence-electron chi connectivity index (χ0n) is 16.8. The first-order valence-corrected chi connectivity index (χ1v) is 10.9. The first kappa shape index (κ1) is 18.2. The van der Waals surface area contributed by atoms with Crippen molar-refractivity contribution in [2.24, 2.45) is 23.2 Å². The van der Waals surface area contributed by atoms with Gasteiger partial charge in [-0.25, -0.2) is 0 Å². The van der Waals surface area contributed by atoms with Crippen LogP contribution in [0, 0.1) is 23.2 Å². The molecule has 150 valence electrons. The highest BCUT2D eigenvalue weighted by molar-refractivity contribution is 5.97. The highest BCUT2D eigenvalue weighted by Crippen LogP contribution is 2.60. The number of carbonyl (C=O) groups excluding carboxylic acids is 2. The predicted molar refractivity (Wildman–Crippen MR) is 109 cm³/mol. The lowest BCUT2D eigenvalue weighted by Gasteiger charge is -2.55.